The van der Waals surface area contributed by atoms with Crippen molar-refractivity contribution in [3.8, 4) is 21.8 Å². The molecule has 0 saturated heterocycles. The summed E-state index contributed by atoms with van der Waals surface area (Å²) < 4.78 is 0. The van der Waals surface area contributed by atoms with E-state index in [4.69, 9.17) is 16.6 Å². The average molecular weight is 406 g/mol. The minimum atomic E-state index is -0.346. The molecule has 4 aromatic rings. The van der Waals surface area contributed by atoms with Gasteiger partial charge in [0.2, 0.25) is 0 Å². The van der Waals surface area contributed by atoms with Gasteiger partial charge in [0, 0.05) is 22.2 Å². The smallest absolute Gasteiger partial charge is 0.308 e. The molecule has 3 aromatic carbocycles. The van der Waals surface area contributed by atoms with E-state index in [9.17, 15) is 4.79 Å². The summed E-state index contributed by atoms with van der Waals surface area (Å²) in [6.45, 7) is 0. The van der Waals surface area contributed by atoms with Crippen LogP contribution in [0.3, 0.4) is 0 Å². The molecule has 0 bridgehead atoms. The molecule has 0 saturated carbocycles. The number of carbonyl (C=O) groups is 1. The van der Waals surface area contributed by atoms with Crippen molar-refractivity contribution in [3.05, 3.63) is 89.3 Å². The van der Waals surface area contributed by atoms with Crippen molar-refractivity contribution < 1.29 is 4.79 Å². The standard InChI is InChI=1S/C22H16ClN3OS/c23-18-8-4-5-9-19(18)26-22(27)24-17-12-10-15(11-13-17)20-14-28-21(25-20)16-6-2-1-3-7-16/h1-14H,(H2,24,26,27). The molecule has 2 amide bonds. The summed E-state index contributed by atoms with van der Waals surface area (Å²) in [6, 6.07) is 24.4. The molecule has 4 rings (SSSR count). The molecule has 6 heteroatoms. The maximum Gasteiger partial charge on any atom is 0.323 e. The summed E-state index contributed by atoms with van der Waals surface area (Å²) in [7, 11) is 0. The van der Waals surface area contributed by atoms with Crippen molar-refractivity contribution in [1.29, 1.82) is 0 Å². The van der Waals surface area contributed by atoms with Crippen molar-refractivity contribution in [2.75, 3.05) is 10.6 Å². The van der Waals surface area contributed by atoms with Crippen LogP contribution >= 0.6 is 22.9 Å². The number of rotatable bonds is 4. The lowest BCUT2D eigenvalue weighted by Crippen LogP contribution is -2.19. The van der Waals surface area contributed by atoms with E-state index in [1.165, 1.54) is 0 Å². The summed E-state index contributed by atoms with van der Waals surface area (Å²) >= 11 is 7.67. The van der Waals surface area contributed by atoms with Crippen LogP contribution < -0.4 is 10.6 Å². The molecular formula is C22H16ClN3OS. The Morgan fingerprint density at radius 2 is 1.54 bits per heavy atom. The van der Waals surface area contributed by atoms with Gasteiger partial charge in [-0.05, 0) is 24.3 Å². The van der Waals surface area contributed by atoms with Crippen molar-refractivity contribution in [2.45, 2.75) is 0 Å². The predicted molar refractivity (Wildman–Crippen MR) is 117 cm³/mol. The highest BCUT2D eigenvalue weighted by Crippen LogP contribution is 2.29. The number of para-hydroxylation sites is 1. The number of amides is 2. The van der Waals surface area contributed by atoms with E-state index >= 15 is 0 Å². The number of urea groups is 1. The van der Waals surface area contributed by atoms with E-state index in [-0.39, 0.29) is 6.03 Å². The van der Waals surface area contributed by atoms with E-state index in [2.05, 4.69) is 10.6 Å². The normalized spacial score (nSPS) is 10.5. The monoisotopic (exact) mass is 405 g/mol. The highest BCUT2D eigenvalue weighted by atomic mass is 35.5. The Bertz CT molecular complexity index is 1090. The van der Waals surface area contributed by atoms with Crippen LogP contribution in [0, 0.1) is 0 Å². The number of aromatic nitrogens is 1. The van der Waals surface area contributed by atoms with Gasteiger partial charge in [0.05, 0.1) is 16.4 Å². The maximum absolute atomic E-state index is 12.2. The fourth-order valence-electron chi connectivity index (χ4n) is 2.69. The topological polar surface area (TPSA) is 54.0 Å². The molecule has 0 unspecified atom stereocenters. The van der Waals surface area contributed by atoms with Gasteiger partial charge in [0.1, 0.15) is 5.01 Å². The Balaban J connectivity index is 1.44. The second-order valence-electron chi connectivity index (χ2n) is 6.04. The Hall–Kier alpha value is -3.15. The third-order valence-electron chi connectivity index (χ3n) is 4.09. The third-order valence-corrected chi connectivity index (χ3v) is 5.31. The zero-order chi connectivity index (χ0) is 19.3. The van der Waals surface area contributed by atoms with Gasteiger partial charge in [0.15, 0.2) is 0 Å². The molecule has 0 atom stereocenters. The van der Waals surface area contributed by atoms with Crippen molar-refractivity contribution in [2.24, 2.45) is 0 Å². The SMILES string of the molecule is O=C(Nc1ccc(-c2csc(-c3ccccc3)n2)cc1)Nc1ccccc1Cl. The first-order valence-corrected chi connectivity index (χ1v) is 9.89. The molecule has 2 N–H and O–H groups in total. The van der Waals surface area contributed by atoms with Crippen LogP contribution in [0.2, 0.25) is 5.02 Å². The Labute approximate surface area is 171 Å². The van der Waals surface area contributed by atoms with Gasteiger partial charge in [-0.15, -0.1) is 11.3 Å². The Kier molecular flexibility index (Phi) is 5.37. The zero-order valence-electron chi connectivity index (χ0n) is 14.7. The highest BCUT2D eigenvalue weighted by Gasteiger charge is 2.08. The van der Waals surface area contributed by atoms with Crippen molar-refractivity contribution >= 4 is 40.3 Å². The molecule has 1 aromatic heterocycles. The Morgan fingerprint density at radius 1 is 0.821 bits per heavy atom. The Morgan fingerprint density at radius 3 is 2.29 bits per heavy atom. The highest BCUT2D eigenvalue weighted by molar-refractivity contribution is 7.13. The summed E-state index contributed by atoms with van der Waals surface area (Å²) in [5, 5.41) is 9.05. The van der Waals surface area contributed by atoms with Crippen LogP contribution in [0.5, 0.6) is 0 Å². The lowest BCUT2D eigenvalue weighted by atomic mass is 10.1. The number of benzene rings is 3. The molecule has 0 aliphatic heterocycles. The lowest BCUT2D eigenvalue weighted by molar-refractivity contribution is 0.262. The molecule has 0 aliphatic rings. The number of halogens is 1. The van der Waals surface area contributed by atoms with Crippen LogP contribution in [-0.2, 0) is 0 Å². The van der Waals surface area contributed by atoms with Crippen molar-refractivity contribution in [1.82, 2.24) is 4.98 Å². The molecule has 138 valence electrons. The van der Waals surface area contributed by atoms with Crippen LogP contribution in [-0.4, -0.2) is 11.0 Å². The number of thiazole rings is 1. The van der Waals surface area contributed by atoms with E-state index in [1.807, 2.05) is 72.1 Å². The van der Waals surface area contributed by atoms with E-state index < -0.39 is 0 Å². The number of nitrogens with zero attached hydrogens (tertiary/aromatic N) is 1. The molecule has 0 fully saturated rings. The van der Waals surface area contributed by atoms with Crippen LogP contribution in [0.1, 0.15) is 0 Å². The number of nitrogens with one attached hydrogen (secondary N) is 2. The minimum absolute atomic E-state index is 0.346. The van der Waals surface area contributed by atoms with Gasteiger partial charge in [-0.3, -0.25) is 0 Å². The second-order valence-corrected chi connectivity index (χ2v) is 7.31. The number of anilines is 2. The molecule has 1 heterocycles. The zero-order valence-corrected chi connectivity index (χ0v) is 16.3. The van der Waals surface area contributed by atoms with Gasteiger partial charge in [-0.2, -0.15) is 0 Å². The summed E-state index contributed by atoms with van der Waals surface area (Å²) in [6.07, 6.45) is 0. The van der Waals surface area contributed by atoms with E-state index in [0.29, 0.717) is 16.4 Å². The van der Waals surface area contributed by atoms with Crippen LogP contribution in [0.4, 0.5) is 16.2 Å². The average Bonchev–Trinajstić information content (AvgIpc) is 3.21. The third kappa shape index (κ3) is 4.22. The van der Waals surface area contributed by atoms with Gasteiger partial charge in [-0.25, -0.2) is 9.78 Å². The summed E-state index contributed by atoms with van der Waals surface area (Å²) in [4.78, 5) is 16.9. The second kappa shape index (κ2) is 8.25. The van der Waals surface area contributed by atoms with Crippen molar-refractivity contribution in [3.63, 3.8) is 0 Å². The van der Waals surface area contributed by atoms with Gasteiger partial charge in [-0.1, -0.05) is 66.2 Å². The fraction of sp³-hybridized carbons (Fsp3) is 0. The molecule has 4 nitrogen and oxygen atoms in total. The molecular weight excluding hydrogens is 390 g/mol. The predicted octanol–water partition coefficient (Wildman–Crippen LogP) is 6.77. The van der Waals surface area contributed by atoms with Gasteiger partial charge in [0.25, 0.3) is 0 Å². The quantitative estimate of drug-likeness (QED) is 0.393. The molecule has 28 heavy (non-hydrogen) atoms. The minimum Gasteiger partial charge on any atom is -0.308 e. The number of hydrogen-bond donors (Lipinski definition) is 2. The van der Waals surface area contributed by atoms with Gasteiger partial charge < -0.3 is 10.6 Å². The largest absolute Gasteiger partial charge is 0.323 e. The molecule has 0 radical (unpaired) electrons. The first kappa shape index (κ1) is 18.2. The fourth-order valence-corrected chi connectivity index (χ4v) is 3.71. The molecule has 0 spiro atoms. The van der Waals surface area contributed by atoms with Gasteiger partial charge >= 0.3 is 6.03 Å². The van der Waals surface area contributed by atoms with E-state index in [0.717, 1.165) is 21.8 Å². The molecule has 0 aliphatic carbocycles. The summed E-state index contributed by atoms with van der Waals surface area (Å²) in [5.41, 5.74) is 4.26. The van der Waals surface area contributed by atoms with Crippen LogP contribution in [0.25, 0.3) is 21.8 Å². The lowest BCUT2D eigenvalue weighted by Gasteiger charge is -2.09. The first-order valence-electron chi connectivity index (χ1n) is 8.63. The maximum atomic E-state index is 12.2. The number of carbonyl (C=O) groups excluding carboxylic acids is 1. The number of hydrogen-bond acceptors (Lipinski definition) is 3. The van der Waals surface area contributed by atoms with Crippen LogP contribution in [0.15, 0.2) is 84.2 Å². The summed E-state index contributed by atoms with van der Waals surface area (Å²) in [5.74, 6) is 0. The first-order chi connectivity index (χ1) is 13.7. The van der Waals surface area contributed by atoms with E-state index in [1.54, 1.807) is 23.5 Å².